The Kier molecular flexibility index (Phi) is 3.45. The SMILES string of the molecule is Cn1cnc(C(N)Cc2ccc(Cl)c(F)c2)c1. The van der Waals surface area contributed by atoms with Crippen molar-refractivity contribution in [3.8, 4) is 0 Å². The summed E-state index contributed by atoms with van der Waals surface area (Å²) in [4.78, 5) is 4.17. The van der Waals surface area contributed by atoms with Crippen LogP contribution in [0.4, 0.5) is 4.39 Å². The Hall–Kier alpha value is -1.39. The lowest BCUT2D eigenvalue weighted by Gasteiger charge is -2.09. The maximum absolute atomic E-state index is 13.2. The van der Waals surface area contributed by atoms with Crippen molar-refractivity contribution in [2.45, 2.75) is 12.5 Å². The molecule has 2 rings (SSSR count). The van der Waals surface area contributed by atoms with Crippen LogP contribution in [0.15, 0.2) is 30.7 Å². The average molecular weight is 254 g/mol. The van der Waals surface area contributed by atoms with Crippen molar-refractivity contribution >= 4 is 11.6 Å². The van der Waals surface area contributed by atoms with Gasteiger partial charge in [-0.3, -0.25) is 0 Å². The Labute approximate surface area is 104 Å². The molecule has 0 radical (unpaired) electrons. The van der Waals surface area contributed by atoms with Crippen molar-refractivity contribution in [3.05, 3.63) is 52.8 Å². The Morgan fingerprint density at radius 1 is 1.53 bits per heavy atom. The first-order valence-corrected chi connectivity index (χ1v) is 5.61. The van der Waals surface area contributed by atoms with E-state index in [1.165, 1.54) is 12.1 Å². The van der Waals surface area contributed by atoms with E-state index < -0.39 is 5.82 Å². The zero-order chi connectivity index (χ0) is 12.4. The van der Waals surface area contributed by atoms with Crippen LogP contribution in [0.25, 0.3) is 0 Å². The molecule has 0 aliphatic heterocycles. The van der Waals surface area contributed by atoms with Crippen LogP contribution in [0.3, 0.4) is 0 Å². The molecular formula is C12H13ClFN3. The molecule has 1 unspecified atom stereocenters. The summed E-state index contributed by atoms with van der Waals surface area (Å²) in [7, 11) is 1.88. The van der Waals surface area contributed by atoms with Gasteiger partial charge in [0.2, 0.25) is 0 Å². The summed E-state index contributed by atoms with van der Waals surface area (Å²) >= 11 is 5.62. The van der Waals surface area contributed by atoms with Gasteiger partial charge >= 0.3 is 0 Å². The number of nitrogens with zero attached hydrogens (tertiary/aromatic N) is 2. The van der Waals surface area contributed by atoms with Crippen molar-refractivity contribution in [2.24, 2.45) is 12.8 Å². The molecule has 5 heteroatoms. The van der Waals surface area contributed by atoms with E-state index in [-0.39, 0.29) is 11.1 Å². The van der Waals surface area contributed by atoms with E-state index in [4.69, 9.17) is 17.3 Å². The van der Waals surface area contributed by atoms with E-state index in [0.717, 1.165) is 11.3 Å². The second kappa shape index (κ2) is 4.85. The fourth-order valence-corrected chi connectivity index (χ4v) is 1.77. The molecular weight excluding hydrogens is 241 g/mol. The van der Waals surface area contributed by atoms with E-state index in [9.17, 15) is 4.39 Å². The van der Waals surface area contributed by atoms with E-state index in [2.05, 4.69) is 4.98 Å². The molecule has 1 aromatic heterocycles. The molecule has 0 saturated carbocycles. The first-order valence-electron chi connectivity index (χ1n) is 5.23. The van der Waals surface area contributed by atoms with Crippen LogP contribution in [0.1, 0.15) is 17.3 Å². The average Bonchev–Trinajstić information content (AvgIpc) is 2.70. The summed E-state index contributed by atoms with van der Waals surface area (Å²) in [5.41, 5.74) is 7.60. The van der Waals surface area contributed by atoms with Crippen LogP contribution in [0, 0.1) is 5.82 Å². The van der Waals surface area contributed by atoms with Gasteiger partial charge in [0.05, 0.1) is 23.1 Å². The fourth-order valence-electron chi connectivity index (χ4n) is 1.65. The number of halogens is 2. The van der Waals surface area contributed by atoms with E-state index in [0.29, 0.717) is 6.42 Å². The van der Waals surface area contributed by atoms with Gasteiger partial charge in [0.15, 0.2) is 0 Å². The maximum Gasteiger partial charge on any atom is 0.142 e. The number of aryl methyl sites for hydroxylation is 1. The molecule has 0 spiro atoms. The van der Waals surface area contributed by atoms with E-state index in [1.54, 1.807) is 12.4 Å². The minimum absolute atomic E-state index is 0.125. The van der Waals surface area contributed by atoms with Gasteiger partial charge in [-0.1, -0.05) is 17.7 Å². The highest BCUT2D eigenvalue weighted by Gasteiger charge is 2.11. The van der Waals surface area contributed by atoms with Gasteiger partial charge in [0, 0.05) is 13.2 Å². The van der Waals surface area contributed by atoms with Crippen molar-refractivity contribution < 1.29 is 4.39 Å². The normalized spacial score (nSPS) is 12.7. The van der Waals surface area contributed by atoms with Crippen LogP contribution >= 0.6 is 11.6 Å². The molecule has 0 amide bonds. The summed E-state index contributed by atoms with van der Waals surface area (Å²) in [5.74, 6) is -0.419. The summed E-state index contributed by atoms with van der Waals surface area (Å²) in [5, 5.41) is 0.125. The number of nitrogens with two attached hydrogens (primary N) is 1. The number of imidazole rings is 1. The molecule has 1 aromatic carbocycles. The van der Waals surface area contributed by atoms with Crippen LogP contribution in [-0.4, -0.2) is 9.55 Å². The number of rotatable bonds is 3. The largest absolute Gasteiger partial charge is 0.340 e. The molecule has 0 aliphatic rings. The van der Waals surface area contributed by atoms with E-state index >= 15 is 0 Å². The van der Waals surface area contributed by atoms with E-state index in [1.807, 2.05) is 17.8 Å². The Morgan fingerprint density at radius 2 is 2.29 bits per heavy atom. The zero-order valence-electron chi connectivity index (χ0n) is 9.40. The number of hydrogen-bond acceptors (Lipinski definition) is 2. The van der Waals surface area contributed by atoms with Gasteiger partial charge in [-0.15, -0.1) is 0 Å². The van der Waals surface area contributed by atoms with Gasteiger partial charge in [-0.2, -0.15) is 0 Å². The zero-order valence-corrected chi connectivity index (χ0v) is 10.2. The summed E-state index contributed by atoms with van der Waals surface area (Å²) in [6.45, 7) is 0. The lowest BCUT2D eigenvalue weighted by molar-refractivity contribution is 0.621. The molecule has 1 heterocycles. The summed E-state index contributed by atoms with van der Waals surface area (Å²) < 4.78 is 15.1. The van der Waals surface area contributed by atoms with Crippen molar-refractivity contribution in [1.82, 2.24) is 9.55 Å². The highest BCUT2D eigenvalue weighted by molar-refractivity contribution is 6.30. The van der Waals surface area contributed by atoms with Crippen molar-refractivity contribution in [3.63, 3.8) is 0 Å². The predicted molar refractivity (Wildman–Crippen MR) is 65.3 cm³/mol. The van der Waals surface area contributed by atoms with Crippen molar-refractivity contribution in [2.75, 3.05) is 0 Å². The van der Waals surface area contributed by atoms with Crippen molar-refractivity contribution in [1.29, 1.82) is 0 Å². The monoisotopic (exact) mass is 253 g/mol. The molecule has 1 atom stereocenters. The lowest BCUT2D eigenvalue weighted by Crippen LogP contribution is -2.13. The smallest absolute Gasteiger partial charge is 0.142 e. The minimum Gasteiger partial charge on any atom is -0.340 e. The lowest BCUT2D eigenvalue weighted by atomic mass is 10.0. The molecule has 90 valence electrons. The van der Waals surface area contributed by atoms with Crippen LogP contribution in [-0.2, 0) is 13.5 Å². The van der Waals surface area contributed by atoms with Gasteiger partial charge in [-0.05, 0) is 24.1 Å². The molecule has 17 heavy (non-hydrogen) atoms. The third kappa shape index (κ3) is 2.84. The second-order valence-electron chi connectivity index (χ2n) is 4.02. The number of hydrogen-bond donors (Lipinski definition) is 1. The molecule has 2 N–H and O–H groups in total. The third-order valence-electron chi connectivity index (χ3n) is 2.54. The van der Waals surface area contributed by atoms with Gasteiger partial charge < -0.3 is 10.3 Å². The topological polar surface area (TPSA) is 43.8 Å². The van der Waals surface area contributed by atoms with Crippen LogP contribution < -0.4 is 5.73 Å². The third-order valence-corrected chi connectivity index (χ3v) is 2.85. The molecule has 0 aliphatic carbocycles. The van der Waals surface area contributed by atoms with Gasteiger partial charge in [-0.25, -0.2) is 9.37 Å². The fraction of sp³-hybridized carbons (Fsp3) is 0.250. The Bertz CT molecular complexity index is 524. The Balaban J connectivity index is 2.12. The number of aromatic nitrogens is 2. The molecule has 0 saturated heterocycles. The molecule has 0 bridgehead atoms. The molecule has 3 nitrogen and oxygen atoms in total. The Morgan fingerprint density at radius 3 is 2.88 bits per heavy atom. The minimum atomic E-state index is -0.419. The van der Waals surface area contributed by atoms with Crippen LogP contribution in [0.5, 0.6) is 0 Å². The summed E-state index contributed by atoms with van der Waals surface area (Å²) in [6, 6.07) is 4.48. The standard InChI is InChI=1S/C12H13ClFN3/c1-17-6-12(16-7-17)11(15)5-8-2-3-9(13)10(14)4-8/h2-4,6-7,11H,5,15H2,1H3. The first kappa shape index (κ1) is 12.1. The van der Waals surface area contributed by atoms with Gasteiger partial charge in [0.1, 0.15) is 5.82 Å². The highest BCUT2D eigenvalue weighted by Crippen LogP contribution is 2.19. The predicted octanol–water partition coefficient (Wildman–Crippen LogP) is 2.46. The summed E-state index contributed by atoms with van der Waals surface area (Å²) in [6.07, 6.45) is 4.08. The second-order valence-corrected chi connectivity index (χ2v) is 4.43. The number of benzene rings is 1. The maximum atomic E-state index is 13.2. The van der Waals surface area contributed by atoms with Gasteiger partial charge in [0.25, 0.3) is 0 Å². The molecule has 2 aromatic rings. The first-order chi connectivity index (χ1) is 8.06. The van der Waals surface area contributed by atoms with Crippen LogP contribution in [0.2, 0.25) is 5.02 Å². The quantitative estimate of drug-likeness (QED) is 0.913. The highest BCUT2D eigenvalue weighted by atomic mass is 35.5. The molecule has 0 fully saturated rings.